The molecule has 1 amide bonds. The van der Waals surface area contributed by atoms with Gasteiger partial charge in [0.1, 0.15) is 0 Å². The minimum Gasteiger partial charge on any atom is -0.369 e. The van der Waals surface area contributed by atoms with E-state index in [1.807, 2.05) is 43.5 Å². The summed E-state index contributed by atoms with van der Waals surface area (Å²) in [6.07, 6.45) is 0. The number of carbonyl (C=O) groups excluding carboxylic acids is 1. The van der Waals surface area contributed by atoms with Crippen molar-refractivity contribution in [3.05, 3.63) is 23.8 Å². The van der Waals surface area contributed by atoms with Gasteiger partial charge in [-0.05, 0) is 38.5 Å². The standard InChI is InChI=1S/C14H20N4O/c1-9-5-6-11-10(7-9)17-13(15)18(11)8-14(2,3)12(19)16-4/h5-7H,8H2,1-4H3,(H2,15,17)(H,16,19). The van der Waals surface area contributed by atoms with Crippen molar-refractivity contribution in [2.24, 2.45) is 5.41 Å². The van der Waals surface area contributed by atoms with Crippen LogP contribution in [0.1, 0.15) is 19.4 Å². The van der Waals surface area contributed by atoms with Crippen LogP contribution >= 0.6 is 0 Å². The highest BCUT2D eigenvalue weighted by molar-refractivity contribution is 5.83. The topological polar surface area (TPSA) is 72.9 Å². The quantitative estimate of drug-likeness (QED) is 0.882. The van der Waals surface area contributed by atoms with Crippen LogP contribution in [0.3, 0.4) is 0 Å². The lowest BCUT2D eigenvalue weighted by Crippen LogP contribution is -2.37. The molecule has 0 fully saturated rings. The van der Waals surface area contributed by atoms with E-state index in [4.69, 9.17) is 5.73 Å². The van der Waals surface area contributed by atoms with Gasteiger partial charge in [-0.15, -0.1) is 0 Å². The molecule has 5 nitrogen and oxygen atoms in total. The Morgan fingerprint density at radius 3 is 2.79 bits per heavy atom. The minimum atomic E-state index is -0.540. The van der Waals surface area contributed by atoms with Gasteiger partial charge in [0, 0.05) is 13.6 Å². The molecule has 0 aliphatic rings. The average molecular weight is 260 g/mol. The molecule has 0 saturated carbocycles. The summed E-state index contributed by atoms with van der Waals surface area (Å²) in [7, 11) is 1.64. The van der Waals surface area contributed by atoms with Crippen LogP contribution in [0.2, 0.25) is 0 Å². The summed E-state index contributed by atoms with van der Waals surface area (Å²) in [6, 6.07) is 6.01. The van der Waals surface area contributed by atoms with E-state index in [-0.39, 0.29) is 5.91 Å². The highest BCUT2D eigenvalue weighted by Crippen LogP contribution is 2.25. The van der Waals surface area contributed by atoms with Crippen LogP contribution in [0.4, 0.5) is 5.95 Å². The van der Waals surface area contributed by atoms with Gasteiger partial charge < -0.3 is 15.6 Å². The molecule has 2 rings (SSSR count). The Hall–Kier alpha value is -2.04. The molecule has 2 aromatic rings. The molecule has 0 radical (unpaired) electrons. The molecule has 0 aliphatic carbocycles. The second-order valence-electron chi connectivity index (χ2n) is 5.51. The van der Waals surface area contributed by atoms with Gasteiger partial charge in [-0.2, -0.15) is 0 Å². The first kappa shape index (κ1) is 13.4. The van der Waals surface area contributed by atoms with Gasteiger partial charge in [0.25, 0.3) is 0 Å². The molecular formula is C14H20N4O. The zero-order chi connectivity index (χ0) is 14.2. The van der Waals surface area contributed by atoms with Crippen LogP contribution < -0.4 is 11.1 Å². The average Bonchev–Trinajstić information content (AvgIpc) is 2.63. The first-order valence-corrected chi connectivity index (χ1v) is 6.30. The van der Waals surface area contributed by atoms with Crippen LogP contribution in [0.5, 0.6) is 0 Å². The molecule has 1 aromatic heterocycles. The predicted octanol–water partition coefficient (Wildman–Crippen LogP) is 1.70. The van der Waals surface area contributed by atoms with Crippen LogP contribution in [-0.2, 0) is 11.3 Å². The molecule has 1 aromatic carbocycles. The second-order valence-corrected chi connectivity index (χ2v) is 5.51. The van der Waals surface area contributed by atoms with Crippen molar-refractivity contribution in [2.75, 3.05) is 12.8 Å². The van der Waals surface area contributed by atoms with E-state index in [9.17, 15) is 4.79 Å². The maximum absolute atomic E-state index is 11.9. The smallest absolute Gasteiger partial charge is 0.227 e. The number of hydrogen-bond donors (Lipinski definition) is 2. The summed E-state index contributed by atoms with van der Waals surface area (Å²) < 4.78 is 1.89. The lowest BCUT2D eigenvalue weighted by Gasteiger charge is -2.23. The van der Waals surface area contributed by atoms with E-state index in [1.165, 1.54) is 0 Å². The number of anilines is 1. The highest BCUT2D eigenvalue weighted by atomic mass is 16.2. The number of hydrogen-bond acceptors (Lipinski definition) is 3. The summed E-state index contributed by atoms with van der Waals surface area (Å²) >= 11 is 0. The van der Waals surface area contributed by atoms with Crippen LogP contribution in [0, 0.1) is 12.3 Å². The van der Waals surface area contributed by atoms with Crippen LogP contribution in [-0.4, -0.2) is 22.5 Å². The first-order valence-electron chi connectivity index (χ1n) is 6.30. The number of benzene rings is 1. The molecule has 19 heavy (non-hydrogen) atoms. The molecule has 0 bridgehead atoms. The number of rotatable bonds is 3. The molecule has 102 valence electrons. The summed E-state index contributed by atoms with van der Waals surface area (Å²) in [6.45, 7) is 6.30. The summed E-state index contributed by atoms with van der Waals surface area (Å²) in [4.78, 5) is 16.2. The van der Waals surface area contributed by atoms with Gasteiger partial charge >= 0.3 is 0 Å². The summed E-state index contributed by atoms with van der Waals surface area (Å²) in [5.41, 5.74) is 8.40. The Balaban J connectivity index is 2.46. The van der Waals surface area contributed by atoms with Crippen LogP contribution in [0.15, 0.2) is 18.2 Å². The molecule has 0 atom stereocenters. The fourth-order valence-corrected chi connectivity index (χ4v) is 2.23. The van der Waals surface area contributed by atoms with Crippen molar-refractivity contribution in [2.45, 2.75) is 27.3 Å². The lowest BCUT2D eigenvalue weighted by molar-refractivity contribution is -0.129. The number of nitrogens with two attached hydrogens (primary N) is 1. The number of carbonyl (C=O) groups is 1. The molecule has 1 heterocycles. The first-order chi connectivity index (χ1) is 8.85. The van der Waals surface area contributed by atoms with Crippen molar-refractivity contribution >= 4 is 22.9 Å². The zero-order valence-corrected chi connectivity index (χ0v) is 11.8. The van der Waals surface area contributed by atoms with Gasteiger partial charge in [0.15, 0.2) is 0 Å². The lowest BCUT2D eigenvalue weighted by atomic mass is 9.92. The predicted molar refractivity (Wildman–Crippen MR) is 76.7 cm³/mol. The third kappa shape index (κ3) is 2.41. The Morgan fingerprint density at radius 2 is 2.16 bits per heavy atom. The van der Waals surface area contributed by atoms with Gasteiger partial charge in [0.05, 0.1) is 16.4 Å². The van der Waals surface area contributed by atoms with Crippen molar-refractivity contribution in [1.29, 1.82) is 0 Å². The third-order valence-electron chi connectivity index (χ3n) is 3.33. The van der Waals surface area contributed by atoms with Gasteiger partial charge in [-0.1, -0.05) is 6.07 Å². The Kier molecular flexibility index (Phi) is 3.22. The number of nitrogens with zero attached hydrogens (tertiary/aromatic N) is 2. The van der Waals surface area contributed by atoms with Crippen molar-refractivity contribution in [1.82, 2.24) is 14.9 Å². The van der Waals surface area contributed by atoms with Crippen molar-refractivity contribution < 1.29 is 4.79 Å². The maximum atomic E-state index is 11.9. The maximum Gasteiger partial charge on any atom is 0.227 e. The fraction of sp³-hybridized carbons (Fsp3) is 0.429. The number of aromatic nitrogens is 2. The number of imidazole rings is 1. The number of nitrogens with one attached hydrogen (secondary N) is 1. The zero-order valence-electron chi connectivity index (χ0n) is 11.8. The highest BCUT2D eigenvalue weighted by Gasteiger charge is 2.28. The van der Waals surface area contributed by atoms with E-state index in [1.54, 1.807) is 7.05 Å². The summed E-state index contributed by atoms with van der Waals surface area (Å²) in [5, 5.41) is 2.68. The number of amides is 1. The number of aryl methyl sites for hydroxylation is 1. The van der Waals surface area contributed by atoms with Crippen molar-refractivity contribution in [3.8, 4) is 0 Å². The molecule has 3 N–H and O–H groups in total. The van der Waals surface area contributed by atoms with E-state index in [0.717, 1.165) is 16.6 Å². The van der Waals surface area contributed by atoms with Gasteiger partial charge in [-0.25, -0.2) is 4.98 Å². The van der Waals surface area contributed by atoms with Gasteiger partial charge in [-0.3, -0.25) is 4.79 Å². The molecule has 5 heteroatoms. The van der Waals surface area contributed by atoms with Crippen LogP contribution in [0.25, 0.3) is 11.0 Å². The molecule has 0 unspecified atom stereocenters. The minimum absolute atomic E-state index is 0.0131. The van der Waals surface area contributed by atoms with E-state index in [0.29, 0.717) is 12.5 Å². The Morgan fingerprint density at radius 1 is 1.47 bits per heavy atom. The second kappa shape index (κ2) is 4.57. The SMILES string of the molecule is CNC(=O)C(C)(C)Cn1c(N)nc2cc(C)ccc21. The largest absolute Gasteiger partial charge is 0.369 e. The number of fused-ring (bicyclic) bond motifs is 1. The monoisotopic (exact) mass is 260 g/mol. The molecule has 0 saturated heterocycles. The normalized spacial score (nSPS) is 11.8. The van der Waals surface area contributed by atoms with E-state index < -0.39 is 5.41 Å². The number of nitrogen functional groups attached to an aromatic ring is 1. The molecule has 0 spiro atoms. The Labute approximate surface area is 112 Å². The molecule has 0 aliphatic heterocycles. The Bertz CT molecular complexity index is 628. The fourth-order valence-electron chi connectivity index (χ4n) is 2.23. The summed E-state index contributed by atoms with van der Waals surface area (Å²) in [5.74, 6) is 0.429. The van der Waals surface area contributed by atoms with Gasteiger partial charge in [0.2, 0.25) is 11.9 Å². The van der Waals surface area contributed by atoms with E-state index >= 15 is 0 Å². The molecular weight excluding hydrogens is 240 g/mol. The van der Waals surface area contributed by atoms with Crippen molar-refractivity contribution in [3.63, 3.8) is 0 Å². The third-order valence-corrected chi connectivity index (χ3v) is 3.33. The van der Waals surface area contributed by atoms with E-state index in [2.05, 4.69) is 10.3 Å².